The van der Waals surface area contributed by atoms with Crippen LogP contribution in [-0.4, -0.2) is 63.7 Å². The number of anilines is 1. The fourth-order valence-corrected chi connectivity index (χ4v) is 5.99. The minimum Gasteiger partial charge on any atom is -0.497 e. The Hall–Kier alpha value is -3.07. The second-order valence-electron chi connectivity index (χ2n) is 9.88. The monoisotopic (exact) mass is 543 g/mol. The lowest BCUT2D eigenvalue weighted by Crippen LogP contribution is -2.52. The van der Waals surface area contributed by atoms with Crippen LogP contribution in [0.4, 0.5) is 5.69 Å². The molecule has 1 fully saturated rings. The number of hydrogen-bond donors (Lipinski definition) is 1. The van der Waals surface area contributed by atoms with E-state index in [4.69, 9.17) is 4.74 Å². The second-order valence-corrected chi connectivity index (χ2v) is 11.8. The normalized spacial score (nSPS) is 14.6. The molecule has 0 radical (unpaired) electrons. The highest BCUT2D eigenvalue weighted by atomic mass is 32.2. The van der Waals surface area contributed by atoms with Crippen LogP contribution < -0.4 is 14.4 Å². The smallest absolute Gasteiger partial charge is 0.243 e. The van der Waals surface area contributed by atoms with Crippen molar-refractivity contribution in [2.75, 3.05) is 30.8 Å². The van der Waals surface area contributed by atoms with E-state index in [1.54, 1.807) is 29.2 Å². The van der Waals surface area contributed by atoms with Crippen LogP contribution in [0.25, 0.3) is 0 Å². The summed E-state index contributed by atoms with van der Waals surface area (Å²) in [7, 11) is -2.04. The van der Waals surface area contributed by atoms with Gasteiger partial charge in [-0.05, 0) is 49.8 Å². The molecule has 0 bridgehead atoms. The Balaban J connectivity index is 1.71. The van der Waals surface area contributed by atoms with E-state index in [0.29, 0.717) is 37.2 Å². The van der Waals surface area contributed by atoms with Gasteiger partial charge in [-0.1, -0.05) is 56.2 Å². The molecule has 3 rings (SSSR count). The zero-order valence-corrected chi connectivity index (χ0v) is 23.6. The molecule has 38 heavy (non-hydrogen) atoms. The highest BCUT2D eigenvalue weighted by molar-refractivity contribution is 7.92. The number of carbonyl (C=O) groups excluding carboxylic acids is 2. The summed E-state index contributed by atoms with van der Waals surface area (Å²) < 4.78 is 31.6. The zero-order chi connectivity index (χ0) is 27.5. The summed E-state index contributed by atoms with van der Waals surface area (Å²) >= 11 is 0. The molecule has 208 valence electrons. The van der Waals surface area contributed by atoms with Gasteiger partial charge in [0.05, 0.1) is 19.1 Å². The predicted molar refractivity (Wildman–Crippen MR) is 151 cm³/mol. The van der Waals surface area contributed by atoms with E-state index in [1.165, 1.54) is 11.4 Å². The first-order valence-corrected chi connectivity index (χ1v) is 15.3. The molecule has 2 amide bonds. The maximum absolute atomic E-state index is 13.5. The number of nitrogens with one attached hydrogen (secondary N) is 1. The first-order valence-electron chi connectivity index (χ1n) is 13.5. The number of ether oxygens (including phenoxy) is 1. The van der Waals surface area contributed by atoms with Crippen LogP contribution in [0.15, 0.2) is 54.6 Å². The molecule has 0 heterocycles. The van der Waals surface area contributed by atoms with Crippen LogP contribution >= 0.6 is 0 Å². The van der Waals surface area contributed by atoms with Crippen molar-refractivity contribution in [3.8, 4) is 5.75 Å². The molecule has 0 aromatic heterocycles. The van der Waals surface area contributed by atoms with Crippen molar-refractivity contribution >= 4 is 27.5 Å². The number of benzene rings is 2. The van der Waals surface area contributed by atoms with E-state index in [1.807, 2.05) is 37.3 Å². The van der Waals surface area contributed by atoms with Crippen LogP contribution in [0.1, 0.15) is 57.4 Å². The molecule has 1 saturated carbocycles. The fraction of sp³-hybridized carbons (Fsp3) is 0.517. The quantitative estimate of drug-likeness (QED) is 0.386. The predicted octanol–water partition coefficient (Wildman–Crippen LogP) is 4.15. The largest absolute Gasteiger partial charge is 0.497 e. The molecule has 0 aliphatic heterocycles. The highest BCUT2D eigenvalue weighted by Crippen LogP contribution is 2.24. The molecule has 0 unspecified atom stereocenters. The Bertz CT molecular complexity index is 1150. The summed E-state index contributed by atoms with van der Waals surface area (Å²) in [5.74, 6) is 0.307. The summed E-state index contributed by atoms with van der Waals surface area (Å²) in [6.45, 7) is 2.50. The van der Waals surface area contributed by atoms with Crippen molar-refractivity contribution in [3.63, 3.8) is 0 Å². The maximum atomic E-state index is 13.5. The molecule has 1 aliphatic carbocycles. The van der Waals surface area contributed by atoms with E-state index >= 15 is 0 Å². The van der Waals surface area contributed by atoms with Crippen molar-refractivity contribution in [1.82, 2.24) is 10.2 Å². The Morgan fingerprint density at radius 3 is 2.39 bits per heavy atom. The van der Waals surface area contributed by atoms with Crippen LogP contribution in [0.3, 0.4) is 0 Å². The van der Waals surface area contributed by atoms with Gasteiger partial charge in [-0.15, -0.1) is 0 Å². The lowest BCUT2D eigenvalue weighted by atomic mass is 10.1. The Labute approximate surface area is 227 Å². The topological polar surface area (TPSA) is 96.0 Å². The number of methoxy groups -OCH3 is 1. The van der Waals surface area contributed by atoms with Crippen molar-refractivity contribution in [3.05, 3.63) is 60.2 Å². The molecule has 0 saturated heterocycles. The SMILES string of the molecule is CC[C@@H](C(=O)NC1CCCC1)N(CCc1ccccc1)C(=O)CCCN(c1cccc(OC)c1)S(C)(=O)=O. The second kappa shape index (κ2) is 14.2. The summed E-state index contributed by atoms with van der Waals surface area (Å²) in [5, 5.41) is 3.16. The summed E-state index contributed by atoms with van der Waals surface area (Å²) in [6.07, 6.45) is 6.95. The third-order valence-corrected chi connectivity index (χ3v) is 8.26. The molecular formula is C29H41N3O5S. The van der Waals surface area contributed by atoms with Crippen molar-refractivity contribution < 1.29 is 22.7 Å². The number of hydrogen-bond acceptors (Lipinski definition) is 5. The average Bonchev–Trinajstić information content (AvgIpc) is 3.41. The van der Waals surface area contributed by atoms with E-state index in [9.17, 15) is 18.0 Å². The minimum absolute atomic E-state index is 0.102. The molecule has 1 atom stereocenters. The van der Waals surface area contributed by atoms with E-state index in [2.05, 4.69) is 5.32 Å². The maximum Gasteiger partial charge on any atom is 0.243 e. The molecule has 0 spiro atoms. The number of nitrogens with zero attached hydrogens (tertiary/aromatic N) is 2. The summed E-state index contributed by atoms with van der Waals surface area (Å²) in [6, 6.07) is 16.4. The number of rotatable bonds is 14. The fourth-order valence-electron chi connectivity index (χ4n) is 5.03. The van der Waals surface area contributed by atoms with Crippen molar-refractivity contribution in [1.29, 1.82) is 0 Å². The van der Waals surface area contributed by atoms with Gasteiger partial charge in [0.2, 0.25) is 21.8 Å². The number of sulfonamides is 1. The molecule has 1 aliphatic rings. The summed E-state index contributed by atoms with van der Waals surface area (Å²) in [4.78, 5) is 28.5. The van der Waals surface area contributed by atoms with E-state index < -0.39 is 16.1 Å². The summed E-state index contributed by atoms with van der Waals surface area (Å²) in [5.41, 5.74) is 1.58. The van der Waals surface area contributed by atoms with Gasteiger partial charge in [0.25, 0.3) is 0 Å². The van der Waals surface area contributed by atoms with Crippen molar-refractivity contribution in [2.24, 2.45) is 0 Å². The first kappa shape index (κ1) is 29.5. The first-order chi connectivity index (χ1) is 18.2. The van der Waals surface area contributed by atoms with Gasteiger partial charge in [-0.2, -0.15) is 0 Å². The van der Waals surface area contributed by atoms with Gasteiger partial charge < -0.3 is 15.0 Å². The van der Waals surface area contributed by atoms with Gasteiger partial charge in [0.1, 0.15) is 11.8 Å². The minimum atomic E-state index is -3.57. The van der Waals surface area contributed by atoms with E-state index in [-0.39, 0.29) is 30.8 Å². The van der Waals surface area contributed by atoms with Crippen LogP contribution in [0, 0.1) is 0 Å². The number of amides is 2. The standard InChI is InChI=1S/C29H41N3O5S/c1-4-27(29(34)30-24-14-8-9-15-24)31(21-19-23-12-6-5-7-13-23)28(33)18-11-20-32(38(3,35)36)25-16-10-17-26(22-25)37-2/h5-7,10,12-13,16-17,22,24,27H,4,8-9,11,14-15,18-21H2,1-3H3,(H,30,34)/t27-/m0/s1. The Morgan fingerprint density at radius 2 is 1.76 bits per heavy atom. The van der Waals surface area contributed by atoms with Crippen LogP contribution in [0.5, 0.6) is 5.75 Å². The molecule has 1 N–H and O–H groups in total. The Kier molecular flexibility index (Phi) is 11.0. The Morgan fingerprint density at radius 1 is 1.05 bits per heavy atom. The van der Waals surface area contributed by atoms with Gasteiger partial charge in [0.15, 0.2) is 0 Å². The van der Waals surface area contributed by atoms with Crippen molar-refractivity contribution in [2.45, 2.75) is 70.4 Å². The zero-order valence-electron chi connectivity index (χ0n) is 22.8. The van der Waals surface area contributed by atoms with Gasteiger partial charge in [-0.25, -0.2) is 8.42 Å². The third-order valence-electron chi connectivity index (χ3n) is 7.07. The highest BCUT2D eigenvalue weighted by Gasteiger charge is 2.30. The molecule has 2 aromatic rings. The molecule has 9 heteroatoms. The van der Waals surface area contributed by atoms with E-state index in [0.717, 1.165) is 37.5 Å². The van der Waals surface area contributed by atoms with Gasteiger partial charge in [-0.3, -0.25) is 13.9 Å². The van der Waals surface area contributed by atoms with Gasteiger partial charge >= 0.3 is 0 Å². The van der Waals surface area contributed by atoms with Gasteiger partial charge in [0, 0.05) is 31.6 Å². The van der Waals surface area contributed by atoms with Crippen LogP contribution in [0.2, 0.25) is 0 Å². The lowest BCUT2D eigenvalue weighted by Gasteiger charge is -2.32. The van der Waals surface area contributed by atoms with Crippen LogP contribution in [-0.2, 0) is 26.0 Å². The third kappa shape index (κ3) is 8.48. The molecule has 2 aromatic carbocycles. The average molecular weight is 544 g/mol. The molecule has 8 nitrogen and oxygen atoms in total. The number of carbonyl (C=O) groups is 2. The molecular weight excluding hydrogens is 502 g/mol. The lowest BCUT2D eigenvalue weighted by molar-refractivity contribution is -0.141.